The molecule has 0 aliphatic rings. The van der Waals surface area contributed by atoms with Gasteiger partial charge in [-0.05, 0) is 18.9 Å². The van der Waals surface area contributed by atoms with Gasteiger partial charge in [-0.2, -0.15) is 10.2 Å². The van der Waals surface area contributed by atoms with E-state index in [4.69, 9.17) is 0 Å². The quantitative estimate of drug-likeness (QED) is 0.509. The number of nitrogens with zero attached hydrogens (tertiary/aromatic N) is 5. The molecule has 1 atom stereocenters. The summed E-state index contributed by atoms with van der Waals surface area (Å²) in [5, 5.41) is 21.8. The standard InChI is InChI=1S/C18H20N6O3/c1-3-16(23-12-15(10-19-23)24(26)27)18(25)20-17-8-9-22(21-17)11-14-6-4-13(2)5-7-14/h4-10,12,16H,3,11H2,1-2H3,(H,20,21,25). The Bertz CT molecular complexity index is 944. The molecule has 1 aromatic carbocycles. The van der Waals surface area contributed by atoms with Crippen molar-refractivity contribution in [1.29, 1.82) is 0 Å². The molecule has 9 heteroatoms. The van der Waals surface area contributed by atoms with Gasteiger partial charge in [0, 0.05) is 12.3 Å². The topological polar surface area (TPSA) is 108 Å². The predicted molar refractivity (Wildman–Crippen MR) is 99.3 cm³/mol. The van der Waals surface area contributed by atoms with Crippen LogP contribution in [0.15, 0.2) is 48.9 Å². The van der Waals surface area contributed by atoms with Crippen LogP contribution in [0.3, 0.4) is 0 Å². The summed E-state index contributed by atoms with van der Waals surface area (Å²) in [5.74, 6) is 0.100. The van der Waals surface area contributed by atoms with Gasteiger partial charge in [0.1, 0.15) is 18.4 Å². The molecule has 3 aromatic rings. The second-order valence-corrected chi connectivity index (χ2v) is 6.23. The molecule has 1 N–H and O–H groups in total. The van der Waals surface area contributed by atoms with Crippen molar-refractivity contribution in [2.45, 2.75) is 32.9 Å². The maximum atomic E-state index is 12.5. The average molecular weight is 368 g/mol. The highest BCUT2D eigenvalue weighted by atomic mass is 16.6. The van der Waals surface area contributed by atoms with Crippen LogP contribution in [0.1, 0.15) is 30.5 Å². The van der Waals surface area contributed by atoms with Gasteiger partial charge in [-0.15, -0.1) is 0 Å². The van der Waals surface area contributed by atoms with Crippen molar-refractivity contribution in [2.24, 2.45) is 0 Å². The van der Waals surface area contributed by atoms with E-state index in [-0.39, 0.29) is 11.6 Å². The van der Waals surface area contributed by atoms with E-state index in [1.165, 1.54) is 16.4 Å². The zero-order valence-electron chi connectivity index (χ0n) is 15.1. The van der Waals surface area contributed by atoms with E-state index in [1.54, 1.807) is 16.9 Å². The second kappa shape index (κ2) is 7.81. The van der Waals surface area contributed by atoms with Crippen molar-refractivity contribution in [3.63, 3.8) is 0 Å². The first-order valence-electron chi connectivity index (χ1n) is 8.54. The molecular weight excluding hydrogens is 348 g/mol. The molecule has 1 amide bonds. The number of aromatic nitrogens is 4. The van der Waals surface area contributed by atoms with Gasteiger partial charge in [-0.25, -0.2) is 0 Å². The summed E-state index contributed by atoms with van der Waals surface area (Å²) in [5.41, 5.74) is 2.15. The molecular formula is C18H20N6O3. The van der Waals surface area contributed by atoms with Crippen molar-refractivity contribution in [3.8, 4) is 0 Å². The highest BCUT2D eigenvalue weighted by molar-refractivity contribution is 5.92. The Morgan fingerprint density at radius 1 is 1.30 bits per heavy atom. The highest BCUT2D eigenvalue weighted by Gasteiger charge is 2.22. The zero-order chi connectivity index (χ0) is 19.4. The second-order valence-electron chi connectivity index (χ2n) is 6.23. The summed E-state index contributed by atoms with van der Waals surface area (Å²) in [6.45, 7) is 4.44. The molecule has 0 saturated carbocycles. The molecule has 0 radical (unpaired) electrons. The Labute approximate surface area is 155 Å². The van der Waals surface area contributed by atoms with E-state index in [0.29, 0.717) is 18.8 Å². The number of hydrogen-bond donors (Lipinski definition) is 1. The van der Waals surface area contributed by atoms with Crippen molar-refractivity contribution in [1.82, 2.24) is 19.6 Å². The summed E-state index contributed by atoms with van der Waals surface area (Å²) in [6.07, 6.45) is 4.61. The molecule has 2 heterocycles. The van der Waals surface area contributed by atoms with Gasteiger partial charge in [0.05, 0.1) is 11.5 Å². The van der Waals surface area contributed by atoms with E-state index < -0.39 is 11.0 Å². The van der Waals surface area contributed by atoms with Crippen molar-refractivity contribution >= 4 is 17.4 Å². The van der Waals surface area contributed by atoms with E-state index in [9.17, 15) is 14.9 Å². The number of nitrogens with one attached hydrogen (secondary N) is 1. The molecule has 0 aliphatic heterocycles. The minimum atomic E-state index is -0.652. The normalized spacial score (nSPS) is 11.9. The average Bonchev–Trinajstić information content (AvgIpc) is 3.28. The molecule has 27 heavy (non-hydrogen) atoms. The van der Waals surface area contributed by atoms with Crippen molar-refractivity contribution < 1.29 is 9.72 Å². The Morgan fingerprint density at radius 2 is 2.04 bits per heavy atom. The van der Waals surface area contributed by atoms with Crippen LogP contribution in [0, 0.1) is 17.0 Å². The fraction of sp³-hybridized carbons (Fsp3) is 0.278. The first kappa shape index (κ1) is 18.3. The summed E-state index contributed by atoms with van der Waals surface area (Å²) >= 11 is 0. The summed E-state index contributed by atoms with van der Waals surface area (Å²) in [4.78, 5) is 22.8. The fourth-order valence-electron chi connectivity index (χ4n) is 2.69. The van der Waals surface area contributed by atoms with Crippen LogP contribution < -0.4 is 5.32 Å². The van der Waals surface area contributed by atoms with Crippen LogP contribution in [-0.4, -0.2) is 30.4 Å². The lowest BCUT2D eigenvalue weighted by Crippen LogP contribution is -2.26. The van der Waals surface area contributed by atoms with Gasteiger partial charge in [0.15, 0.2) is 5.82 Å². The first-order valence-corrected chi connectivity index (χ1v) is 8.54. The van der Waals surface area contributed by atoms with Gasteiger partial charge in [-0.3, -0.25) is 24.3 Å². The highest BCUT2D eigenvalue weighted by Crippen LogP contribution is 2.18. The third-order valence-corrected chi connectivity index (χ3v) is 4.16. The monoisotopic (exact) mass is 368 g/mol. The first-order chi connectivity index (χ1) is 13.0. The van der Waals surface area contributed by atoms with Crippen LogP contribution in [0.4, 0.5) is 11.5 Å². The molecule has 3 rings (SSSR count). The summed E-state index contributed by atoms with van der Waals surface area (Å²) in [6, 6.07) is 9.21. The minimum Gasteiger partial charge on any atom is -0.307 e. The lowest BCUT2D eigenvalue weighted by molar-refractivity contribution is -0.385. The minimum absolute atomic E-state index is 0.149. The smallest absolute Gasteiger partial charge is 0.307 e. The van der Waals surface area contributed by atoms with Crippen molar-refractivity contribution in [3.05, 3.63) is 70.2 Å². The largest absolute Gasteiger partial charge is 0.307 e. The molecule has 140 valence electrons. The molecule has 0 bridgehead atoms. The number of benzene rings is 1. The number of amides is 1. The number of rotatable bonds is 7. The van der Waals surface area contributed by atoms with Crippen LogP contribution in [-0.2, 0) is 11.3 Å². The van der Waals surface area contributed by atoms with Gasteiger partial charge >= 0.3 is 5.69 Å². The van der Waals surface area contributed by atoms with E-state index in [2.05, 4.69) is 15.5 Å². The number of hydrogen-bond acceptors (Lipinski definition) is 5. The number of aryl methyl sites for hydroxylation is 1. The Kier molecular flexibility index (Phi) is 5.30. The molecule has 0 aliphatic carbocycles. The van der Waals surface area contributed by atoms with Crippen LogP contribution in [0.5, 0.6) is 0 Å². The van der Waals surface area contributed by atoms with Crippen molar-refractivity contribution in [2.75, 3.05) is 5.32 Å². The van der Waals surface area contributed by atoms with Gasteiger partial charge < -0.3 is 5.32 Å². The predicted octanol–water partition coefficient (Wildman–Crippen LogP) is 2.93. The number of nitro groups is 1. The molecule has 9 nitrogen and oxygen atoms in total. The fourth-order valence-corrected chi connectivity index (χ4v) is 2.69. The Hall–Kier alpha value is -3.49. The number of carbonyl (C=O) groups excluding carboxylic acids is 1. The number of anilines is 1. The Morgan fingerprint density at radius 3 is 2.67 bits per heavy atom. The lowest BCUT2D eigenvalue weighted by Gasteiger charge is -2.13. The maximum absolute atomic E-state index is 12.5. The lowest BCUT2D eigenvalue weighted by atomic mass is 10.1. The third kappa shape index (κ3) is 4.38. The molecule has 2 aromatic heterocycles. The molecule has 0 spiro atoms. The summed E-state index contributed by atoms with van der Waals surface area (Å²) < 4.78 is 3.04. The van der Waals surface area contributed by atoms with Gasteiger partial charge in [-0.1, -0.05) is 36.8 Å². The van der Waals surface area contributed by atoms with Crippen LogP contribution in [0.2, 0.25) is 0 Å². The number of carbonyl (C=O) groups is 1. The molecule has 0 saturated heterocycles. The van der Waals surface area contributed by atoms with Gasteiger partial charge in [0.2, 0.25) is 5.91 Å². The molecule has 1 unspecified atom stereocenters. The maximum Gasteiger partial charge on any atom is 0.307 e. The Balaban J connectivity index is 1.66. The van der Waals surface area contributed by atoms with Gasteiger partial charge in [0.25, 0.3) is 0 Å². The van der Waals surface area contributed by atoms with E-state index in [0.717, 1.165) is 11.8 Å². The van der Waals surface area contributed by atoms with Crippen LogP contribution >= 0.6 is 0 Å². The zero-order valence-corrected chi connectivity index (χ0v) is 15.1. The van der Waals surface area contributed by atoms with E-state index >= 15 is 0 Å². The summed E-state index contributed by atoms with van der Waals surface area (Å²) in [7, 11) is 0. The SMILES string of the molecule is CCC(C(=O)Nc1ccn(Cc2ccc(C)cc2)n1)n1cc([N+](=O)[O-])cn1. The van der Waals surface area contributed by atoms with E-state index in [1.807, 2.05) is 38.1 Å². The van der Waals surface area contributed by atoms with Crippen LogP contribution in [0.25, 0.3) is 0 Å². The molecule has 0 fully saturated rings. The third-order valence-electron chi connectivity index (χ3n) is 4.16.